The van der Waals surface area contributed by atoms with E-state index >= 15 is 0 Å². The van der Waals surface area contributed by atoms with Crippen molar-refractivity contribution in [3.05, 3.63) is 33.5 Å². The number of nitrogens with zero attached hydrogens (tertiary/aromatic N) is 2. The lowest BCUT2D eigenvalue weighted by molar-refractivity contribution is 0.0941. The first-order chi connectivity index (χ1) is 9.40. The number of aryl methyl sites for hydroxylation is 1. The third-order valence-corrected chi connectivity index (χ3v) is 4.12. The second-order valence-electron chi connectivity index (χ2n) is 5.66. The van der Waals surface area contributed by atoms with Crippen molar-refractivity contribution in [2.24, 2.45) is 0 Å². The number of aromatic nitrogens is 3. The van der Waals surface area contributed by atoms with Gasteiger partial charge < -0.3 is 5.32 Å². The molecule has 0 atom stereocenters. The molecule has 0 saturated carbocycles. The van der Waals surface area contributed by atoms with E-state index in [1.54, 1.807) is 11.3 Å². The van der Waals surface area contributed by atoms with Crippen LogP contribution < -0.4 is 5.32 Å². The van der Waals surface area contributed by atoms with Crippen molar-refractivity contribution in [2.45, 2.75) is 46.1 Å². The Morgan fingerprint density at radius 1 is 1.35 bits per heavy atom. The Hall–Kier alpha value is -1.69. The maximum Gasteiger partial charge on any atom is 0.291 e. The average molecular weight is 292 g/mol. The summed E-state index contributed by atoms with van der Waals surface area (Å²) in [6.07, 6.45) is 1.02. The number of amides is 1. The van der Waals surface area contributed by atoms with Crippen LogP contribution in [0.4, 0.5) is 0 Å². The quantitative estimate of drug-likeness (QED) is 0.910. The smallest absolute Gasteiger partial charge is 0.291 e. The Morgan fingerprint density at radius 2 is 2.05 bits per heavy atom. The predicted octanol–water partition coefficient (Wildman–Crippen LogP) is 2.66. The molecule has 20 heavy (non-hydrogen) atoms. The maximum absolute atomic E-state index is 12.0. The van der Waals surface area contributed by atoms with E-state index in [0.717, 1.165) is 11.3 Å². The standard InChI is InChI=1S/C14H20N4OS/c1-5-9-6-7-10(20-9)8-15-12(19)11-16-13(18-17-11)14(2,3)4/h6-7H,5,8H2,1-4H3,(H,15,19)(H,16,17,18). The van der Waals surface area contributed by atoms with Gasteiger partial charge in [-0.05, 0) is 18.6 Å². The fraction of sp³-hybridized carbons (Fsp3) is 0.500. The van der Waals surface area contributed by atoms with Gasteiger partial charge in [0.25, 0.3) is 5.91 Å². The number of hydrogen-bond donors (Lipinski definition) is 2. The molecule has 5 nitrogen and oxygen atoms in total. The average Bonchev–Trinajstić information content (AvgIpc) is 3.04. The summed E-state index contributed by atoms with van der Waals surface area (Å²) in [5, 5.41) is 9.63. The first-order valence-electron chi connectivity index (χ1n) is 6.69. The van der Waals surface area contributed by atoms with Gasteiger partial charge in [-0.25, -0.2) is 4.98 Å². The highest BCUT2D eigenvalue weighted by molar-refractivity contribution is 7.11. The van der Waals surface area contributed by atoms with Crippen molar-refractivity contribution in [1.29, 1.82) is 0 Å². The number of carbonyl (C=O) groups excluding carboxylic acids is 1. The fourth-order valence-corrected chi connectivity index (χ4v) is 2.55. The topological polar surface area (TPSA) is 70.7 Å². The van der Waals surface area contributed by atoms with Crippen LogP contribution >= 0.6 is 11.3 Å². The van der Waals surface area contributed by atoms with Crippen LogP contribution in [0.25, 0.3) is 0 Å². The van der Waals surface area contributed by atoms with Gasteiger partial charge in [0.05, 0.1) is 6.54 Å². The van der Waals surface area contributed by atoms with Gasteiger partial charge in [-0.2, -0.15) is 0 Å². The number of carbonyl (C=O) groups is 1. The molecule has 2 rings (SSSR count). The van der Waals surface area contributed by atoms with Crippen LogP contribution in [0.1, 0.15) is 53.9 Å². The number of thiophene rings is 1. The molecule has 6 heteroatoms. The molecule has 0 spiro atoms. The Labute approximate surface area is 122 Å². The molecule has 2 aromatic rings. The maximum atomic E-state index is 12.0. The van der Waals surface area contributed by atoms with Gasteiger partial charge >= 0.3 is 0 Å². The molecule has 108 valence electrons. The first-order valence-corrected chi connectivity index (χ1v) is 7.50. The van der Waals surface area contributed by atoms with Gasteiger partial charge in [0.1, 0.15) is 5.82 Å². The van der Waals surface area contributed by atoms with Gasteiger partial charge in [-0.3, -0.25) is 9.89 Å². The van der Waals surface area contributed by atoms with Crippen LogP contribution in [0, 0.1) is 0 Å². The molecule has 0 radical (unpaired) electrons. The van der Waals surface area contributed by atoms with Crippen LogP contribution in [0.5, 0.6) is 0 Å². The Bertz CT molecular complexity index is 594. The minimum Gasteiger partial charge on any atom is -0.344 e. The van der Waals surface area contributed by atoms with Gasteiger partial charge in [0, 0.05) is 15.2 Å². The van der Waals surface area contributed by atoms with Crippen LogP contribution in [0.3, 0.4) is 0 Å². The van der Waals surface area contributed by atoms with Crippen molar-refractivity contribution in [3.8, 4) is 0 Å². The second kappa shape index (κ2) is 5.75. The summed E-state index contributed by atoms with van der Waals surface area (Å²) in [5.74, 6) is 0.664. The lowest BCUT2D eigenvalue weighted by Crippen LogP contribution is -2.24. The first kappa shape index (κ1) is 14.7. The molecule has 0 aliphatic carbocycles. The molecular weight excluding hydrogens is 272 g/mol. The van der Waals surface area contributed by atoms with Crippen LogP contribution in [0.2, 0.25) is 0 Å². The molecule has 0 aliphatic rings. The Kier molecular flexibility index (Phi) is 4.23. The lowest BCUT2D eigenvalue weighted by atomic mass is 9.96. The number of aromatic amines is 1. The number of rotatable bonds is 4. The summed E-state index contributed by atoms with van der Waals surface area (Å²) in [4.78, 5) is 18.7. The molecule has 2 heterocycles. The molecule has 1 amide bonds. The highest BCUT2D eigenvalue weighted by Crippen LogP contribution is 2.18. The molecule has 0 aliphatic heterocycles. The van der Waals surface area contributed by atoms with Gasteiger partial charge in [0.15, 0.2) is 0 Å². The molecule has 2 aromatic heterocycles. The molecule has 0 bridgehead atoms. The fourth-order valence-electron chi connectivity index (χ4n) is 1.65. The normalized spacial score (nSPS) is 11.6. The minimum atomic E-state index is -0.247. The van der Waals surface area contributed by atoms with Crippen LogP contribution in [-0.2, 0) is 18.4 Å². The van der Waals surface area contributed by atoms with Crippen molar-refractivity contribution >= 4 is 17.2 Å². The third-order valence-electron chi connectivity index (χ3n) is 2.89. The summed E-state index contributed by atoms with van der Waals surface area (Å²) in [7, 11) is 0. The Balaban J connectivity index is 1.96. The number of nitrogens with one attached hydrogen (secondary N) is 2. The van der Waals surface area contributed by atoms with Crippen molar-refractivity contribution in [1.82, 2.24) is 20.5 Å². The van der Waals surface area contributed by atoms with Gasteiger partial charge in [0.2, 0.25) is 5.82 Å². The highest BCUT2D eigenvalue weighted by atomic mass is 32.1. The summed E-state index contributed by atoms with van der Waals surface area (Å²) in [5.41, 5.74) is -0.144. The van der Waals surface area contributed by atoms with Crippen molar-refractivity contribution in [2.75, 3.05) is 0 Å². The van der Waals surface area contributed by atoms with E-state index in [1.807, 2.05) is 26.8 Å². The van der Waals surface area contributed by atoms with E-state index in [1.165, 1.54) is 4.88 Å². The molecule has 0 aromatic carbocycles. The van der Waals surface area contributed by atoms with Crippen molar-refractivity contribution in [3.63, 3.8) is 0 Å². The minimum absolute atomic E-state index is 0.144. The zero-order valence-electron chi connectivity index (χ0n) is 12.3. The van der Waals surface area contributed by atoms with E-state index in [0.29, 0.717) is 12.4 Å². The SMILES string of the molecule is CCc1ccc(CNC(=O)c2n[nH]c(C(C)(C)C)n2)s1. The van der Waals surface area contributed by atoms with Crippen LogP contribution in [0.15, 0.2) is 12.1 Å². The molecule has 0 fully saturated rings. The summed E-state index contributed by atoms with van der Waals surface area (Å²) in [6, 6.07) is 4.14. The predicted molar refractivity (Wildman–Crippen MR) is 79.9 cm³/mol. The largest absolute Gasteiger partial charge is 0.344 e. The van der Waals surface area contributed by atoms with E-state index < -0.39 is 0 Å². The number of H-pyrrole nitrogens is 1. The second-order valence-corrected chi connectivity index (χ2v) is 6.91. The van der Waals surface area contributed by atoms with Gasteiger partial charge in [-0.15, -0.1) is 16.4 Å². The van der Waals surface area contributed by atoms with Crippen molar-refractivity contribution < 1.29 is 4.79 Å². The zero-order chi connectivity index (χ0) is 14.8. The third kappa shape index (κ3) is 3.45. The zero-order valence-corrected chi connectivity index (χ0v) is 13.1. The molecular formula is C14H20N4OS. The summed E-state index contributed by atoms with van der Waals surface area (Å²) < 4.78 is 0. The van der Waals surface area contributed by atoms with E-state index in [4.69, 9.17) is 0 Å². The number of hydrogen-bond acceptors (Lipinski definition) is 4. The summed E-state index contributed by atoms with van der Waals surface area (Å²) >= 11 is 1.72. The van der Waals surface area contributed by atoms with E-state index in [2.05, 4.69) is 33.5 Å². The molecule has 2 N–H and O–H groups in total. The molecule has 0 unspecified atom stereocenters. The lowest BCUT2D eigenvalue weighted by Gasteiger charge is -2.12. The highest BCUT2D eigenvalue weighted by Gasteiger charge is 2.21. The van der Waals surface area contributed by atoms with Crippen LogP contribution in [-0.4, -0.2) is 21.1 Å². The van der Waals surface area contributed by atoms with E-state index in [9.17, 15) is 4.79 Å². The van der Waals surface area contributed by atoms with Gasteiger partial charge in [-0.1, -0.05) is 27.7 Å². The molecule has 0 saturated heterocycles. The summed E-state index contributed by atoms with van der Waals surface area (Å²) in [6.45, 7) is 8.70. The van der Waals surface area contributed by atoms with E-state index in [-0.39, 0.29) is 17.1 Å². The Morgan fingerprint density at radius 3 is 2.60 bits per heavy atom. The monoisotopic (exact) mass is 292 g/mol.